The SMILES string of the molecule is CC(C)(Oc1ccc(Cl)cc1)C(=O)NC1CCN(C(N)=O)C1. The summed E-state index contributed by atoms with van der Waals surface area (Å²) >= 11 is 5.82. The zero-order chi connectivity index (χ0) is 16.3. The highest BCUT2D eigenvalue weighted by atomic mass is 35.5. The van der Waals surface area contributed by atoms with Gasteiger partial charge in [-0.1, -0.05) is 11.6 Å². The van der Waals surface area contributed by atoms with Gasteiger partial charge in [-0.3, -0.25) is 4.79 Å². The minimum absolute atomic E-state index is 0.104. The number of nitrogens with zero attached hydrogens (tertiary/aromatic N) is 1. The number of ether oxygens (including phenoxy) is 1. The minimum Gasteiger partial charge on any atom is -0.478 e. The van der Waals surface area contributed by atoms with Gasteiger partial charge >= 0.3 is 6.03 Å². The number of urea groups is 1. The van der Waals surface area contributed by atoms with Crippen LogP contribution in [0.3, 0.4) is 0 Å². The molecule has 1 aromatic carbocycles. The van der Waals surface area contributed by atoms with E-state index in [9.17, 15) is 9.59 Å². The van der Waals surface area contributed by atoms with Crippen LogP contribution in [0.5, 0.6) is 5.75 Å². The molecule has 1 aliphatic heterocycles. The smallest absolute Gasteiger partial charge is 0.314 e. The van der Waals surface area contributed by atoms with Crippen LogP contribution < -0.4 is 15.8 Å². The van der Waals surface area contributed by atoms with E-state index in [2.05, 4.69) is 5.32 Å². The Morgan fingerprint density at radius 1 is 1.36 bits per heavy atom. The molecule has 0 spiro atoms. The van der Waals surface area contributed by atoms with Gasteiger partial charge in [-0.2, -0.15) is 0 Å². The Kier molecular flexibility index (Phi) is 4.81. The average Bonchev–Trinajstić information content (AvgIpc) is 2.90. The number of hydrogen-bond acceptors (Lipinski definition) is 3. The van der Waals surface area contributed by atoms with Crippen LogP contribution in [-0.2, 0) is 4.79 Å². The Bertz CT molecular complexity index is 560. The van der Waals surface area contributed by atoms with Gasteiger partial charge in [-0.05, 0) is 44.5 Å². The molecule has 0 radical (unpaired) electrons. The van der Waals surface area contributed by atoms with Crippen LogP contribution in [0.15, 0.2) is 24.3 Å². The van der Waals surface area contributed by atoms with Crippen molar-refractivity contribution in [2.75, 3.05) is 13.1 Å². The third kappa shape index (κ3) is 4.04. The highest BCUT2D eigenvalue weighted by Gasteiger charge is 2.34. The number of likely N-dealkylation sites (tertiary alicyclic amines) is 1. The number of amides is 3. The Morgan fingerprint density at radius 2 is 2.00 bits per heavy atom. The summed E-state index contributed by atoms with van der Waals surface area (Å²) in [5.41, 5.74) is 4.20. The van der Waals surface area contributed by atoms with E-state index in [0.29, 0.717) is 30.3 Å². The number of carbonyl (C=O) groups excluding carboxylic acids is 2. The summed E-state index contributed by atoms with van der Waals surface area (Å²) in [6, 6.07) is 6.25. The number of nitrogens with two attached hydrogens (primary N) is 1. The summed E-state index contributed by atoms with van der Waals surface area (Å²) in [5.74, 6) is 0.327. The van der Waals surface area contributed by atoms with Crippen molar-refractivity contribution in [3.63, 3.8) is 0 Å². The molecule has 0 saturated carbocycles. The molecule has 7 heteroatoms. The first-order valence-electron chi connectivity index (χ1n) is 7.08. The first-order valence-corrected chi connectivity index (χ1v) is 7.45. The summed E-state index contributed by atoms with van der Waals surface area (Å²) < 4.78 is 5.73. The van der Waals surface area contributed by atoms with Gasteiger partial charge in [0.15, 0.2) is 5.60 Å². The van der Waals surface area contributed by atoms with Crippen LogP contribution in [0.4, 0.5) is 4.79 Å². The van der Waals surface area contributed by atoms with Crippen molar-refractivity contribution in [1.29, 1.82) is 0 Å². The molecular formula is C15H20ClN3O3. The maximum Gasteiger partial charge on any atom is 0.314 e. The number of nitrogens with one attached hydrogen (secondary N) is 1. The number of hydrogen-bond donors (Lipinski definition) is 2. The molecule has 22 heavy (non-hydrogen) atoms. The van der Waals surface area contributed by atoms with Gasteiger partial charge in [0.05, 0.1) is 0 Å². The average molecular weight is 326 g/mol. The number of rotatable bonds is 4. The van der Waals surface area contributed by atoms with Crippen LogP contribution in [-0.4, -0.2) is 41.6 Å². The Labute approximate surface area is 134 Å². The van der Waals surface area contributed by atoms with Crippen molar-refractivity contribution in [3.8, 4) is 5.75 Å². The van der Waals surface area contributed by atoms with E-state index < -0.39 is 11.6 Å². The summed E-state index contributed by atoms with van der Waals surface area (Å²) in [6.07, 6.45) is 0.686. The van der Waals surface area contributed by atoms with Crippen LogP contribution in [0.1, 0.15) is 20.3 Å². The maximum absolute atomic E-state index is 12.4. The molecular weight excluding hydrogens is 306 g/mol. The van der Waals surface area contributed by atoms with E-state index in [0.717, 1.165) is 0 Å². The lowest BCUT2D eigenvalue weighted by molar-refractivity contribution is -0.134. The maximum atomic E-state index is 12.4. The van der Waals surface area contributed by atoms with Crippen molar-refractivity contribution in [2.24, 2.45) is 5.73 Å². The van der Waals surface area contributed by atoms with Gasteiger partial charge in [0, 0.05) is 24.2 Å². The summed E-state index contributed by atoms with van der Waals surface area (Å²) in [5, 5.41) is 3.50. The van der Waals surface area contributed by atoms with Crippen molar-refractivity contribution in [3.05, 3.63) is 29.3 Å². The van der Waals surface area contributed by atoms with Crippen LogP contribution in [0.25, 0.3) is 0 Å². The lowest BCUT2D eigenvalue weighted by Crippen LogP contribution is -2.51. The highest BCUT2D eigenvalue weighted by Crippen LogP contribution is 2.21. The first kappa shape index (κ1) is 16.4. The number of halogens is 1. The normalized spacial score (nSPS) is 18.1. The predicted octanol–water partition coefficient (Wildman–Crippen LogP) is 1.77. The Morgan fingerprint density at radius 3 is 2.55 bits per heavy atom. The lowest BCUT2D eigenvalue weighted by atomic mass is 10.1. The van der Waals surface area contributed by atoms with Gasteiger partial charge in [-0.15, -0.1) is 0 Å². The molecule has 6 nitrogen and oxygen atoms in total. The second-order valence-corrected chi connectivity index (χ2v) is 6.25. The third-order valence-electron chi connectivity index (χ3n) is 3.57. The molecule has 1 atom stereocenters. The van der Waals surface area contributed by atoms with Crippen molar-refractivity contribution in [2.45, 2.75) is 31.9 Å². The topological polar surface area (TPSA) is 84.7 Å². The molecule has 1 saturated heterocycles. The van der Waals surface area contributed by atoms with Crippen molar-refractivity contribution >= 4 is 23.5 Å². The molecule has 0 bridgehead atoms. The molecule has 0 aliphatic carbocycles. The molecule has 0 aromatic heterocycles. The number of benzene rings is 1. The van der Waals surface area contributed by atoms with Gasteiger partial charge in [0.25, 0.3) is 5.91 Å². The number of carbonyl (C=O) groups is 2. The largest absolute Gasteiger partial charge is 0.478 e. The van der Waals surface area contributed by atoms with Crippen LogP contribution in [0.2, 0.25) is 5.02 Å². The fourth-order valence-electron chi connectivity index (χ4n) is 2.28. The van der Waals surface area contributed by atoms with E-state index >= 15 is 0 Å². The van der Waals surface area contributed by atoms with Gasteiger partial charge in [0.1, 0.15) is 5.75 Å². The Hall–Kier alpha value is -1.95. The standard InChI is InChI=1S/C15H20ClN3O3/c1-15(2,22-12-5-3-10(16)4-6-12)13(20)18-11-7-8-19(9-11)14(17)21/h3-6,11H,7-9H2,1-2H3,(H2,17,21)(H,18,20). The van der Waals surface area contributed by atoms with E-state index in [1.807, 2.05) is 0 Å². The van der Waals surface area contributed by atoms with Crippen LogP contribution >= 0.6 is 11.6 Å². The summed E-state index contributed by atoms with van der Waals surface area (Å²) in [4.78, 5) is 25.0. The molecule has 1 aliphatic rings. The van der Waals surface area contributed by atoms with Crippen molar-refractivity contribution in [1.82, 2.24) is 10.2 Å². The first-order chi connectivity index (χ1) is 10.3. The van der Waals surface area contributed by atoms with E-state index in [-0.39, 0.29) is 11.9 Å². The summed E-state index contributed by atoms with van der Waals surface area (Å²) in [7, 11) is 0. The molecule has 2 rings (SSSR count). The van der Waals surface area contributed by atoms with E-state index in [4.69, 9.17) is 22.1 Å². The molecule has 120 valence electrons. The lowest BCUT2D eigenvalue weighted by Gasteiger charge is -2.27. The van der Waals surface area contributed by atoms with Gasteiger partial charge in [0.2, 0.25) is 0 Å². The van der Waals surface area contributed by atoms with Gasteiger partial charge < -0.3 is 20.7 Å². The Balaban J connectivity index is 1.93. The molecule has 3 N–H and O–H groups in total. The van der Waals surface area contributed by atoms with Gasteiger partial charge in [-0.25, -0.2) is 4.79 Å². The fourth-order valence-corrected chi connectivity index (χ4v) is 2.41. The quantitative estimate of drug-likeness (QED) is 0.884. The van der Waals surface area contributed by atoms with E-state index in [1.165, 1.54) is 4.90 Å². The second-order valence-electron chi connectivity index (χ2n) is 5.81. The fraction of sp³-hybridized carbons (Fsp3) is 0.467. The monoisotopic (exact) mass is 325 g/mol. The van der Waals surface area contributed by atoms with Crippen LogP contribution in [0, 0.1) is 0 Å². The molecule has 1 unspecified atom stereocenters. The zero-order valence-corrected chi connectivity index (χ0v) is 13.4. The highest BCUT2D eigenvalue weighted by molar-refractivity contribution is 6.30. The molecule has 3 amide bonds. The second kappa shape index (κ2) is 6.44. The minimum atomic E-state index is -1.03. The molecule has 1 heterocycles. The van der Waals surface area contributed by atoms with E-state index in [1.54, 1.807) is 38.1 Å². The molecule has 1 aromatic rings. The molecule has 1 fully saturated rings. The predicted molar refractivity (Wildman–Crippen MR) is 83.9 cm³/mol. The van der Waals surface area contributed by atoms with Crippen molar-refractivity contribution < 1.29 is 14.3 Å². The number of primary amides is 1. The summed E-state index contributed by atoms with van der Waals surface area (Å²) in [6.45, 7) is 4.37. The third-order valence-corrected chi connectivity index (χ3v) is 3.82. The zero-order valence-electron chi connectivity index (χ0n) is 12.6.